The van der Waals surface area contributed by atoms with Crippen LogP contribution in [0.2, 0.25) is 0 Å². The number of rotatable bonds is 6. The molecule has 0 unspecified atom stereocenters. The highest BCUT2D eigenvalue weighted by molar-refractivity contribution is 6.00. The summed E-state index contributed by atoms with van der Waals surface area (Å²) in [6.07, 6.45) is 1.36. The Hall–Kier alpha value is -4.07. The topological polar surface area (TPSA) is 88.4 Å². The minimum Gasteiger partial charge on any atom is -0.457 e. The van der Waals surface area contributed by atoms with E-state index in [0.717, 1.165) is 17.1 Å². The summed E-state index contributed by atoms with van der Waals surface area (Å²) >= 11 is 0. The summed E-state index contributed by atoms with van der Waals surface area (Å²) in [4.78, 5) is 38.2. The molecule has 0 amide bonds. The van der Waals surface area contributed by atoms with Gasteiger partial charge < -0.3 is 13.7 Å². The van der Waals surface area contributed by atoms with Gasteiger partial charge in [-0.3, -0.25) is 14.3 Å². The number of hydrogen-bond donors (Lipinski definition) is 0. The van der Waals surface area contributed by atoms with Crippen molar-refractivity contribution in [2.45, 2.75) is 20.8 Å². The molecule has 4 rings (SSSR count). The highest BCUT2D eigenvalue weighted by Gasteiger charge is 2.24. The summed E-state index contributed by atoms with van der Waals surface area (Å²) in [5.74, 6) is -1.03. The maximum atomic E-state index is 13.4. The minimum absolute atomic E-state index is 0.0321. The van der Waals surface area contributed by atoms with Crippen LogP contribution in [0.4, 0.5) is 0 Å². The second-order valence-corrected chi connectivity index (χ2v) is 7.51. The van der Waals surface area contributed by atoms with Gasteiger partial charge in [-0.25, -0.2) is 9.48 Å². The Bertz CT molecular complexity index is 1360. The molecule has 8 heteroatoms. The lowest BCUT2D eigenvalue weighted by Gasteiger charge is -2.08. The third-order valence-electron chi connectivity index (χ3n) is 5.54. The molecule has 0 radical (unpaired) electrons. The molecule has 0 aliphatic heterocycles. The Kier molecular flexibility index (Phi) is 5.44. The number of carbonyl (C=O) groups is 2. The van der Waals surface area contributed by atoms with E-state index in [9.17, 15) is 14.4 Å². The third kappa shape index (κ3) is 3.49. The van der Waals surface area contributed by atoms with Crippen LogP contribution >= 0.6 is 0 Å². The number of aryl methyl sites for hydroxylation is 1. The molecule has 164 valence electrons. The molecule has 0 saturated heterocycles. The number of nitrogens with zero attached hydrogens (tertiary/aromatic N) is 3. The minimum atomic E-state index is -0.707. The van der Waals surface area contributed by atoms with Crippen molar-refractivity contribution in [3.05, 3.63) is 93.6 Å². The molecule has 4 aromatic rings. The number of para-hydroxylation sites is 1. The van der Waals surface area contributed by atoms with Crippen LogP contribution in [0.3, 0.4) is 0 Å². The molecule has 8 nitrogen and oxygen atoms in total. The first-order valence-corrected chi connectivity index (χ1v) is 10.1. The van der Waals surface area contributed by atoms with Crippen LogP contribution < -0.4 is 5.56 Å². The molecular weight excluding hydrogens is 410 g/mol. The Morgan fingerprint density at radius 2 is 1.72 bits per heavy atom. The summed E-state index contributed by atoms with van der Waals surface area (Å²) < 4.78 is 15.2. The molecule has 1 aromatic carbocycles. The van der Waals surface area contributed by atoms with Crippen molar-refractivity contribution in [3.8, 4) is 11.4 Å². The highest BCUT2D eigenvalue weighted by atomic mass is 16.5. The molecule has 0 aliphatic rings. The van der Waals surface area contributed by atoms with Gasteiger partial charge in [0.2, 0.25) is 11.5 Å². The maximum Gasteiger partial charge on any atom is 0.374 e. The molecule has 0 bridgehead atoms. The van der Waals surface area contributed by atoms with E-state index < -0.39 is 12.6 Å². The van der Waals surface area contributed by atoms with Gasteiger partial charge in [0, 0.05) is 24.0 Å². The van der Waals surface area contributed by atoms with Crippen molar-refractivity contribution in [3.63, 3.8) is 0 Å². The number of benzene rings is 1. The standard InChI is InChI=1S/C24H23N3O5/c1-15-13-19(20(28)14-32-24(30)21-11-8-12-31-21)16(2)26(15)22-17(3)25(4)27(23(22)29)18-9-6-5-7-10-18/h5-13H,14H2,1-4H3. The second-order valence-electron chi connectivity index (χ2n) is 7.51. The second kappa shape index (κ2) is 8.22. The van der Waals surface area contributed by atoms with E-state index in [1.54, 1.807) is 33.0 Å². The first kappa shape index (κ1) is 21.2. The van der Waals surface area contributed by atoms with Gasteiger partial charge in [0.05, 0.1) is 17.6 Å². The van der Waals surface area contributed by atoms with Crippen LogP contribution in [0.5, 0.6) is 0 Å². The SMILES string of the molecule is Cc1cc(C(=O)COC(=O)c2ccco2)c(C)n1-c1c(C)n(C)n(-c2ccccc2)c1=O. The Labute approximate surface area is 184 Å². The fourth-order valence-electron chi connectivity index (χ4n) is 3.88. The van der Waals surface area contributed by atoms with Crippen molar-refractivity contribution >= 4 is 11.8 Å². The predicted molar refractivity (Wildman–Crippen MR) is 118 cm³/mol. The summed E-state index contributed by atoms with van der Waals surface area (Å²) in [6.45, 7) is 5.04. The largest absolute Gasteiger partial charge is 0.457 e. The first-order valence-electron chi connectivity index (χ1n) is 10.1. The van der Waals surface area contributed by atoms with Gasteiger partial charge in [0.25, 0.3) is 5.56 Å². The van der Waals surface area contributed by atoms with Gasteiger partial charge in [-0.1, -0.05) is 18.2 Å². The lowest BCUT2D eigenvalue weighted by molar-refractivity contribution is 0.0444. The summed E-state index contributed by atoms with van der Waals surface area (Å²) in [5, 5.41) is 0. The summed E-state index contributed by atoms with van der Waals surface area (Å²) in [7, 11) is 1.82. The predicted octanol–water partition coefficient (Wildman–Crippen LogP) is 3.52. The van der Waals surface area contributed by atoms with E-state index >= 15 is 0 Å². The van der Waals surface area contributed by atoms with Gasteiger partial charge in [-0.05, 0) is 51.1 Å². The van der Waals surface area contributed by atoms with E-state index in [1.807, 2.05) is 51.2 Å². The molecule has 3 aromatic heterocycles. The quantitative estimate of drug-likeness (QED) is 0.343. The van der Waals surface area contributed by atoms with Crippen molar-refractivity contribution < 1.29 is 18.7 Å². The van der Waals surface area contributed by atoms with E-state index in [1.165, 1.54) is 12.3 Å². The van der Waals surface area contributed by atoms with E-state index in [2.05, 4.69) is 0 Å². The average Bonchev–Trinajstić information content (AvgIpc) is 3.47. The van der Waals surface area contributed by atoms with Gasteiger partial charge in [-0.2, -0.15) is 0 Å². The van der Waals surface area contributed by atoms with E-state index in [-0.39, 0.29) is 17.1 Å². The van der Waals surface area contributed by atoms with E-state index in [0.29, 0.717) is 16.9 Å². The van der Waals surface area contributed by atoms with E-state index in [4.69, 9.17) is 9.15 Å². The van der Waals surface area contributed by atoms with Gasteiger partial charge in [0.15, 0.2) is 6.61 Å². The zero-order valence-corrected chi connectivity index (χ0v) is 18.3. The van der Waals surface area contributed by atoms with Crippen molar-refractivity contribution in [2.75, 3.05) is 6.61 Å². The Morgan fingerprint density at radius 1 is 1.00 bits per heavy atom. The van der Waals surface area contributed by atoms with Crippen molar-refractivity contribution in [1.82, 2.24) is 13.9 Å². The number of carbonyl (C=O) groups excluding carboxylic acids is 2. The number of ether oxygens (including phenoxy) is 1. The molecule has 32 heavy (non-hydrogen) atoms. The molecule has 0 spiro atoms. The van der Waals surface area contributed by atoms with Gasteiger partial charge in [0.1, 0.15) is 5.69 Å². The molecule has 0 aliphatic carbocycles. The third-order valence-corrected chi connectivity index (χ3v) is 5.54. The number of hydrogen-bond acceptors (Lipinski definition) is 5. The van der Waals surface area contributed by atoms with Gasteiger partial charge in [-0.15, -0.1) is 0 Å². The average molecular weight is 433 g/mol. The zero-order valence-electron chi connectivity index (χ0n) is 18.3. The fourth-order valence-corrected chi connectivity index (χ4v) is 3.88. The number of ketones is 1. The molecule has 0 N–H and O–H groups in total. The lowest BCUT2D eigenvalue weighted by atomic mass is 10.1. The van der Waals surface area contributed by atoms with Crippen LogP contribution in [-0.4, -0.2) is 32.3 Å². The molecule has 0 atom stereocenters. The molecule has 0 saturated carbocycles. The van der Waals surface area contributed by atoms with Crippen molar-refractivity contribution in [2.24, 2.45) is 7.05 Å². The van der Waals surface area contributed by atoms with Crippen LogP contribution in [-0.2, 0) is 11.8 Å². The van der Waals surface area contributed by atoms with Crippen LogP contribution in [0.15, 0.2) is 64.0 Å². The number of aromatic nitrogens is 3. The smallest absolute Gasteiger partial charge is 0.374 e. The normalized spacial score (nSPS) is 11.0. The number of esters is 1. The number of Topliss-reactive ketones (excluding diaryl/α,β-unsaturated/α-hetero) is 1. The Balaban J connectivity index is 1.69. The molecular formula is C24H23N3O5. The highest BCUT2D eigenvalue weighted by Crippen LogP contribution is 2.23. The first-order chi connectivity index (χ1) is 15.3. The summed E-state index contributed by atoms with van der Waals surface area (Å²) in [5.41, 5.74) is 3.51. The molecule has 0 fully saturated rings. The Morgan fingerprint density at radius 3 is 2.38 bits per heavy atom. The molecule has 3 heterocycles. The number of furan rings is 1. The van der Waals surface area contributed by atoms with Gasteiger partial charge >= 0.3 is 5.97 Å². The summed E-state index contributed by atoms with van der Waals surface area (Å²) in [6, 6.07) is 14.1. The van der Waals surface area contributed by atoms with Crippen LogP contribution in [0, 0.1) is 20.8 Å². The van der Waals surface area contributed by atoms with Crippen LogP contribution in [0.1, 0.15) is 38.0 Å². The monoisotopic (exact) mass is 433 g/mol. The lowest BCUT2D eigenvalue weighted by Crippen LogP contribution is -2.22. The zero-order chi connectivity index (χ0) is 23.0. The van der Waals surface area contributed by atoms with Crippen LogP contribution in [0.25, 0.3) is 11.4 Å². The fraction of sp³-hybridized carbons (Fsp3) is 0.208. The van der Waals surface area contributed by atoms with Crippen molar-refractivity contribution in [1.29, 1.82) is 0 Å². The maximum absolute atomic E-state index is 13.4.